The number of benzene rings is 1. The maximum atomic E-state index is 6.22. The fraction of sp³-hybridized carbons (Fsp3) is 0.176. The highest BCUT2D eigenvalue weighted by Crippen LogP contribution is 2.34. The number of anilines is 1. The Bertz CT molecular complexity index is 710. The number of fused-ring (bicyclic) bond motifs is 1. The van der Waals surface area contributed by atoms with Gasteiger partial charge in [-0.1, -0.05) is 35.9 Å². The highest BCUT2D eigenvalue weighted by Gasteiger charge is 2.08. The van der Waals surface area contributed by atoms with Gasteiger partial charge in [0.1, 0.15) is 5.75 Å². The number of halogens is 1. The molecule has 108 valence electrons. The first-order valence-electron chi connectivity index (χ1n) is 6.89. The zero-order chi connectivity index (χ0) is 14.7. The Balaban J connectivity index is 1.73. The minimum atomic E-state index is 0.623. The van der Waals surface area contributed by atoms with E-state index in [2.05, 4.69) is 35.0 Å². The lowest BCUT2D eigenvalue weighted by Crippen LogP contribution is -2.00. The van der Waals surface area contributed by atoms with Crippen molar-refractivity contribution in [3.05, 3.63) is 58.4 Å². The van der Waals surface area contributed by atoms with Crippen molar-refractivity contribution in [3.63, 3.8) is 0 Å². The summed E-state index contributed by atoms with van der Waals surface area (Å²) in [6.07, 6.45) is 0. The van der Waals surface area contributed by atoms with E-state index in [4.69, 9.17) is 16.3 Å². The summed E-state index contributed by atoms with van der Waals surface area (Å²) in [4.78, 5) is 0. The van der Waals surface area contributed by atoms with Crippen LogP contribution in [0.3, 0.4) is 0 Å². The molecule has 2 aliphatic rings. The van der Waals surface area contributed by atoms with Crippen LogP contribution in [0.1, 0.15) is 12.5 Å². The van der Waals surface area contributed by atoms with Gasteiger partial charge in [-0.05, 0) is 41.6 Å². The molecule has 1 aliphatic heterocycles. The molecule has 0 bridgehead atoms. The smallest absolute Gasteiger partial charge is 0.137 e. The Morgan fingerprint density at radius 1 is 1.19 bits per heavy atom. The van der Waals surface area contributed by atoms with Crippen molar-refractivity contribution in [3.8, 4) is 16.9 Å². The molecule has 0 spiro atoms. The van der Waals surface area contributed by atoms with Crippen LogP contribution in [0.15, 0.2) is 47.8 Å². The molecule has 2 nitrogen and oxygen atoms in total. The van der Waals surface area contributed by atoms with Crippen molar-refractivity contribution >= 4 is 27.9 Å². The van der Waals surface area contributed by atoms with Gasteiger partial charge in [-0.2, -0.15) is 0 Å². The Labute approximate surface area is 133 Å². The largest absolute Gasteiger partial charge is 0.492 e. The summed E-state index contributed by atoms with van der Waals surface area (Å²) in [6, 6.07) is 14.4. The standard InChI is InChI=1S/C17H16ClNOS/c1-2-20-16-7-6-12(10-15(16)18)11-19-17-14-5-3-4-13(14)8-9-21-17/h3-10,19H,2,11H2,1H3. The van der Waals surface area contributed by atoms with Gasteiger partial charge in [0.25, 0.3) is 0 Å². The molecule has 0 atom stereocenters. The summed E-state index contributed by atoms with van der Waals surface area (Å²) in [5.74, 6) is 0.740. The van der Waals surface area contributed by atoms with Crippen molar-refractivity contribution in [2.45, 2.75) is 13.5 Å². The van der Waals surface area contributed by atoms with Crippen LogP contribution in [-0.4, -0.2) is 6.61 Å². The second kappa shape index (κ2) is 6.37. The third-order valence-corrected chi connectivity index (χ3v) is 4.44. The van der Waals surface area contributed by atoms with Crippen LogP contribution in [0.4, 0.5) is 5.00 Å². The highest BCUT2D eigenvalue weighted by molar-refractivity contribution is 7.14. The Kier molecular flexibility index (Phi) is 4.32. The van der Waals surface area contributed by atoms with Gasteiger partial charge in [-0.25, -0.2) is 0 Å². The average molecular weight is 318 g/mol. The van der Waals surface area contributed by atoms with E-state index in [1.807, 2.05) is 25.1 Å². The predicted molar refractivity (Wildman–Crippen MR) is 90.9 cm³/mol. The molecule has 4 heteroatoms. The van der Waals surface area contributed by atoms with Crippen molar-refractivity contribution in [1.29, 1.82) is 0 Å². The Morgan fingerprint density at radius 3 is 2.90 bits per heavy atom. The summed E-state index contributed by atoms with van der Waals surface area (Å²) >= 11 is 7.93. The Morgan fingerprint density at radius 2 is 2.10 bits per heavy atom. The monoisotopic (exact) mass is 317 g/mol. The van der Waals surface area contributed by atoms with Crippen LogP contribution in [0.25, 0.3) is 11.1 Å². The van der Waals surface area contributed by atoms with Gasteiger partial charge in [-0.15, -0.1) is 11.3 Å². The molecule has 1 aromatic carbocycles. The fourth-order valence-electron chi connectivity index (χ4n) is 2.27. The lowest BCUT2D eigenvalue weighted by molar-refractivity contribution is 0.340. The van der Waals surface area contributed by atoms with Crippen molar-refractivity contribution in [2.75, 3.05) is 11.9 Å². The molecule has 0 saturated heterocycles. The highest BCUT2D eigenvalue weighted by atomic mass is 35.5. The summed E-state index contributed by atoms with van der Waals surface area (Å²) < 4.78 is 5.45. The maximum Gasteiger partial charge on any atom is 0.137 e. The third-order valence-electron chi connectivity index (χ3n) is 3.28. The quantitative estimate of drug-likeness (QED) is 0.669. The summed E-state index contributed by atoms with van der Waals surface area (Å²) in [5, 5.41) is 7.44. The van der Waals surface area contributed by atoms with Gasteiger partial charge in [0.05, 0.1) is 16.6 Å². The molecule has 3 rings (SSSR count). The van der Waals surface area contributed by atoms with Gasteiger partial charge in [-0.3, -0.25) is 0 Å². The molecule has 0 aromatic heterocycles. The topological polar surface area (TPSA) is 21.3 Å². The molecular weight excluding hydrogens is 302 g/mol. The molecule has 1 N–H and O–H groups in total. The fourth-order valence-corrected chi connectivity index (χ4v) is 3.35. The molecule has 0 unspecified atom stereocenters. The van der Waals surface area contributed by atoms with Crippen LogP contribution in [-0.2, 0) is 6.54 Å². The molecule has 0 amide bonds. The molecule has 0 saturated carbocycles. The first-order chi connectivity index (χ1) is 10.3. The Hall–Kier alpha value is -1.71. The lowest BCUT2D eigenvalue weighted by Gasteiger charge is -2.11. The van der Waals surface area contributed by atoms with Crippen LogP contribution in [0.5, 0.6) is 5.75 Å². The summed E-state index contributed by atoms with van der Waals surface area (Å²) in [7, 11) is 0. The molecule has 0 radical (unpaired) electrons. The van der Waals surface area contributed by atoms with E-state index < -0.39 is 0 Å². The van der Waals surface area contributed by atoms with Gasteiger partial charge < -0.3 is 10.1 Å². The van der Waals surface area contributed by atoms with Gasteiger partial charge >= 0.3 is 0 Å². The second-order valence-corrected chi connectivity index (χ2v) is 6.02. The molecule has 1 heterocycles. The van der Waals surface area contributed by atoms with E-state index in [1.165, 1.54) is 16.1 Å². The molecular formula is C17H16ClNOS. The van der Waals surface area contributed by atoms with Crippen molar-refractivity contribution < 1.29 is 4.74 Å². The van der Waals surface area contributed by atoms with Crippen LogP contribution in [0.2, 0.25) is 5.02 Å². The number of hydrogen-bond acceptors (Lipinski definition) is 3. The van der Waals surface area contributed by atoms with Crippen molar-refractivity contribution in [2.24, 2.45) is 0 Å². The first kappa shape index (κ1) is 14.2. The summed E-state index contributed by atoms with van der Waals surface area (Å²) in [6.45, 7) is 3.32. The molecule has 21 heavy (non-hydrogen) atoms. The first-order valence-corrected chi connectivity index (χ1v) is 8.15. The normalized spacial score (nSPS) is 10.8. The number of ether oxygens (including phenoxy) is 1. The minimum absolute atomic E-state index is 0.623. The van der Waals surface area contributed by atoms with Crippen LogP contribution < -0.4 is 10.1 Å². The minimum Gasteiger partial charge on any atom is -0.492 e. The summed E-state index contributed by atoms with van der Waals surface area (Å²) in [5.41, 5.74) is 3.67. The van der Waals surface area contributed by atoms with Crippen molar-refractivity contribution in [1.82, 2.24) is 0 Å². The van der Waals surface area contributed by atoms with E-state index >= 15 is 0 Å². The van der Waals surface area contributed by atoms with E-state index in [0.717, 1.165) is 17.9 Å². The molecule has 1 aliphatic carbocycles. The van der Waals surface area contributed by atoms with Gasteiger partial charge in [0, 0.05) is 12.1 Å². The lowest BCUT2D eigenvalue weighted by atomic mass is 10.2. The number of rotatable bonds is 5. The number of nitrogens with one attached hydrogen (secondary N) is 1. The third kappa shape index (κ3) is 3.14. The second-order valence-electron chi connectivity index (χ2n) is 4.70. The zero-order valence-electron chi connectivity index (χ0n) is 11.7. The SMILES string of the molecule is CCOc1ccc(CNc2sccc3cccc2-3)cc1Cl. The van der Waals surface area contributed by atoms with E-state index in [0.29, 0.717) is 11.6 Å². The van der Waals surface area contributed by atoms with Crippen LogP contribution in [0, 0.1) is 0 Å². The zero-order valence-corrected chi connectivity index (χ0v) is 13.3. The van der Waals surface area contributed by atoms with Gasteiger partial charge in [0.2, 0.25) is 0 Å². The van der Waals surface area contributed by atoms with Crippen LogP contribution >= 0.6 is 22.9 Å². The number of hydrogen-bond donors (Lipinski definition) is 1. The average Bonchev–Trinajstić information content (AvgIpc) is 2.97. The maximum absolute atomic E-state index is 6.22. The molecule has 0 fully saturated rings. The van der Waals surface area contributed by atoms with E-state index in [1.54, 1.807) is 11.3 Å². The molecule has 1 aromatic rings. The predicted octanol–water partition coefficient (Wildman–Crippen LogP) is 5.52. The van der Waals surface area contributed by atoms with E-state index in [9.17, 15) is 0 Å². The van der Waals surface area contributed by atoms with Gasteiger partial charge in [0.15, 0.2) is 0 Å². The van der Waals surface area contributed by atoms with E-state index in [-0.39, 0.29) is 0 Å².